The van der Waals surface area contributed by atoms with Crippen LogP contribution < -0.4 is 5.73 Å². The molecule has 3 rings (SSSR count). The van der Waals surface area contributed by atoms with Gasteiger partial charge >= 0.3 is 0 Å². The Morgan fingerprint density at radius 2 is 1.52 bits per heavy atom. The third-order valence-corrected chi connectivity index (χ3v) is 5.04. The molecule has 1 fully saturated rings. The summed E-state index contributed by atoms with van der Waals surface area (Å²) in [6, 6.07) is 18.0. The van der Waals surface area contributed by atoms with Crippen LogP contribution in [0.5, 0.6) is 0 Å². The molecule has 0 spiro atoms. The van der Waals surface area contributed by atoms with Crippen molar-refractivity contribution < 1.29 is 4.79 Å². The monoisotopic (exact) mass is 429 g/mol. The van der Waals surface area contributed by atoms with Crippen LogP contribution in [0.3, 0.4) is 0 Å². The summed E-state index contributed by atoms with van der Waals surface area (Å²) in [6.07, 6.45) is 0. The SMILES string of the molecule is C[C@@H](N)C(=O)N1CCN(C(c2ccccc2)c2ccccc2Cl)CC1.Cl.Cl. The first-order valence-electron chi connectivity index (χ1n) is 8.65. The van der Waals surface area contributed by atoms with Gasteiger partial charge in [0.15, 0.2) is 0 Å². The van der Waals surface area contributed by atoms with Gasteiger partial charge in [-0.15, -0.1) is 24.8 Å². The van der Waals surface area contributed by atoms with E-state index in [-0.39, 0.29) is 36.8 Å². The highest BCUT2D eigenvalue weighted by atomic mass is 35.5. The van der Waals surface area contributed by atoms with Crippen LogP contribution in [0.4, 0.5) is 0 Å². The minimum Gasteiger partial charge on any atom is -0.339 e. The van der Waals surface area contributed by atoms with Crippen LogP contribution in [0.15, 0.2) is 54.6 Å². The molecule has 2 N–H and O–H groups in total. The number of hydrogen-bond acceptors (Lipinski definition) is 3. The highest BCUT2D eigenvalue weighted by Crippen LogP contribution is 2.33. The standard InChI is InChI=1S/C20H24ClN3O.2ClH/c1-15(22)20(25)24-13-11-23(12-14-24)19(16-7-3-2-4-8-16)17-9-5-6-10-18(17)21;;/h2-10,15,19H,11-14,22H2,1H3;2*1H/t15-,19?;;/m1../s1. The van der Waals surface area contributed by atoms with Crippen molar-refractivity contribution in [1.29, 1.82) is 0 Å². The summed E-state index contributed by atoms with van der Waals surface area (Å²) in [4.78, 5) is 16.4. The normalized spacial score (nSPS) is 16.6. The Labute approximate surface area is 178 Å². The Morgan fingerprint density at radius 3 is 2.07 bits per heavy atom. The van der Waals surface area contributed by atoms with Crippen molar-refractivity contribution >= 4 is 42.3 Å². The molecular weight excluding hydrogens is 405 g/mol. The van der Waals surface area contributed by atoms with Crippen molar-refractivity contribution in [2.24, 2.45) is 5.73 Å². The molecule has 1 saturated heterocycles. The van der Waals surface area contributed by atoms with Crippen LogP contribution in [-0.2, 0) is 4.79 Å². The molecule has 0 bridgehead atoms. The maximum absolute atomic E-state index is 12.1. The first-order valence-corrected chi connectivity index (χ1v) is 9.03. The van der Waals surface area contributed by atoms with Crippen molar-refractivity contribution in [3.8, 4) is 0 Å². The molecule has 1 unspecified atom stereocenters. The average Bonchev–Trinajstić information content (AvgIpc) is 2.64. The lowest BCUT2D eigenvalue weighted by Crippen LogP contribution is -2.53. The van der Waals surface area contributed by atoms with Crippen molar-refractivity contribution in [2.75, 3.05) is 26.2 Å². The highest BCUT2D eigenvalue weighted by molar-refractivity contribution is 6.31. The molecule has 2 atom stereocenters. The molecule has 0 aliphatic carbocycles. The van der Waals surface area contributed by atoms with Gasteiger partial charge in [-0.25, -0.2) is 0 Å². The lowest BCUT2D eigenvalue weighted by Gasteiger charge is -2.40. The topological polar surface area (TPSA) is 49.6 Å². The molecule has 2 aromatic rings. The maximum atomic E-state index is 12.1. The van der Waals surface area contributed by atoms with Gasteiger partial charge in [-0.3, -0.25) is 9.69 Å². The van der Waals surface area contributed by atoms with Crippen LogP contribution in [0, 0.1) is 0 Å². The summed E-state index contributed by atoms with van der Waals surface area (Å²) >= 11 is 6.50. The van der Waals surface area contributed by atoms with Crippen LogP contribution in [0.2, 0.25) is 5.02 Å². The Kier molecular flexibility index (Phi) is 9.57. The van der Waals surface area contributed by atoms with Gasteiger partial charge in [-0.05, 0) is 24.1 Å². The quantitative estimate of drug-likeness (QED) is 0.803. The van der Waals surface area contributed by atoms with E-state index in [0.29, 0.717) is 13.1 Å². The van der Waals surface area contributed by atoms with Gasteiger partial charge in [0.05, 0.1) is 12.1 Å². The summed E-state index contributed by atoms with van der Waals surface area (Å²) < 4.78 is 0. The lowest BCUT2D eigenvalue weighted by molar-refractivity contribution is -0.134. The van der Waals surface area contributed by atoms with E-state index in [2.05, 4.69) is 35.2 Å². The van der Waals surface area contributed by atoms with Gasteiger partial charge in [-0.1, -0.05) is 60.1 Å². The Balaban J connectivity index is 0.00000182. The minimum atomic E-state index is -0.444. The molecule has 148 valence electrons. The molecule has 1 amide bonds. The lowest BCUT2D eigenvalue weighted by atomic mass is 9.96. The molecule has 1 aliphatic rings. The second kappa shape index (κ2) is 10.9. The van der Waals surface area contributed by atoms with Gasteiger partial charge in [0.25, 0.3) is 0 Å². The van der Waals surface area contributed by atoms with Gasteiger partial charge in [0.1, 0.15) is 0 Å². The first kappa shape index (κ1) is 23.7. The molecule has 4 nitrogen and oxygen atoms in total. The number of carbonyl (C=O) groups is 1. The average molecular weight is 431 g/mol. The van der Waals surface area contributed by atoms with Crippen molar-refractivity contribution in [1.82, 2.24) is 9.80 Å². The van der Waals surface area contributed by atoms with Crippen molar-refractivity contribution in [3.63, 3.8) is 0 Å². The zero-order chi connectivity index (χ0) is 17.8. The molecule has 0 saturated carbocycles. The largest absolute Gasteiger partial charge is 0.339 e. The van der Waals surface area contributed by atoms with Gasteiger partial charge in [-0.2, -0.15) is 0 Å². The number of piperazine rings is 1. The Hall–Kier alpha value is -1.30. The van der Waals surface area contributed by atoms with Crippen molar-refractivity contribution in [2.45, 2.75) is 19.0 Å². The molecule has 0 aromatic heterocycles. The maximum Gasteiger partial charge on any atom is 0.239 e. The number of carbonyl (C=O) groups excluding carboxylic acids is 1. The fraction of sp³-hybridized carbons (Fsp3) is 0.350. The van der Waals surface area contributed by atoms with Gasteiger partial charge in [0.2, 0.25) is 5.91 Å². The summed E-state index contributed by atoms with van der Waals surface area (Å²) in [7, 11) is 0. The molecule has 27 heavy (non-hydrogen) atoms. The van der Waals surface area contributed by atoms with Crippen LogP contribution >= 0.6 is 36.4 Å². The third-order valence-electron chi connectivity index (χ3n) is 4.70. The molecule has 1 aliphatic heterocycles. The van der Waals surface area contributed by atoms with E-state index < -0.39 is 6.04 Å². The minimum absolute atomic E-state index is 0. The molecule has 0 radical (unpaired) electrons. The third kappa shape index (κ3) is 5.59. The number of halogens is 3. The predicted octanol–water partition coefficient (Wildman–Crippen LogP) is 3.76. The highest BCUT2D eigenvalue weighted by Gasteiger charge is 2.29. The van der Waals surface area contributed by atoms with Crippen LogP contribution in [0.25, 0.3) is 0 Å². The zero-order valence-corrected chi connectivity index (χ0v) is 17.6. The molecule has 2 aromatic carbocycles. The Bertz CT molecular complexity index is 719. The number of nitrogens with zero attached hydrogens (tertiary/aromatic N) is 2. The fourth-order valence-electron chi connectivity index (χ4n) is 3.41. The summed E-state index contributed by atoms with van der Waals surface area (Å²) in [5, 5.41) is 0.769. The van der Waals surface area contributed by atoms with E-state index in [4.69, 9.17) is 17.3 Å². The second-order valence-electron chi connectivity index (χ2n) is 6.48. The Morgan fingerprint density at radius 1 is 0.963 bits per heavy atom. The van der Waals surface area contributed by atoms with E-state index in [1.54, 1.807) is 6.92 Å². The molecule has 1 heterocycles. The zero-order valence-electron chi connectivity index (χ0n) is 15.3. The summed E-state index contributed by atoms with van der Waals surface area (Å²) in [5.74, 6) is 0.0219. The molecular formula is C20H26Cl3N3O. The predicted molar refractivity (Wildman–Crippen MR) is 116 cm³/mol. The first-order chi connectivity index (χ1) is 12.1. The fourth-order valence-corrected chi connectivity index (χ4v) is 3.65. The second-order valence-corrected chi connectivity index (χ2v) is 6.89. The van der Waals surface area contributed by atoms with Crippen LogP contribution in [-0.4, -0.2) is 47.9 Å². The van der Waals surface area contributed by atoms with E-state index in [9.17, 15) is 4.79 Å². The number of nitrogens with two attached hydrogens (primary N) is 1. The summed E-state index contributed by atoms with van der Waals surface area (Å²) in [6.45, 7) is 4.71. The van der Waals surface area contributed by atoms with E-state index in [1.807, 2.05) is 29.2 Å². The summed E-state index contributed by atoms with van der Waals surface area (Å²) in [5.41, 5.74) is 8.05. The number of rotatable bonds is 4. The van der Waals surface area contributed by atoms with Gasteiger partial charge < -0.3 is 10.6 Å². The number of hydrogen-bond donors (Lipinski definition) is 1. The number of amides is 1. The van der Waals surface area contributed by atoms with Crippen LogP contribution in [0.1, 0.15) is 24.1 Å². The molecule has 7 heteroatoms. The van der Waals surface area contributed by atoms with E-state index in [0.717, 1.165) is 23.7 Å². The van der Waals surface area contributed by atoms with Gasteiger partial charge in [0, 0.05) is 31.2 Å². The smallest absolute Gasteiger partial charge is 0.239 e. The van der Waals surface area contributed by atoms with Crippen molar-refractivity contribution in [3.05, 3.63) is 70.7 Å². The number of benzene rings is 2. The van der Waals surface area contributed by atoms with E-state index >= 15 is 0 Å². The van der Waals surface area contributed by atoms with E-state index in [1.165, 1.54) is 5.56 Å².